The van der Waals surface area contributed by atoms with E-state index in [2.05, 4.69) is 161 Å². The Bertz CT molecular complexity index is 2900. The Labute approximate surface area is 325 Å². The number of hydrogen-bond acceptors (Lipinski definition) is 4. The molecule has 0 spiro atoms. The van der Waals surface area contributed by atoms with E-state index in [0.29, 0.717) is 5.69 Å². The number of rotatable bonds is 7. The second-order valence-electron chi connectivity index (χ2n) is 14.0. The van der Waals surface area contributed by atoms with E-state index >= 15 is 0 Å². The molecule has 2 aromatic heterocycles. The van der Waals surface area contributed by atoms with E-state index in [1.54, 1.807) is 0 Å². The third-order valence-corrected chi connectivity index (χ3v) is 10.6. The first-order valence-corrected chi connectivity index (χ1v) is 18.6. The fraction of sp³-hybridized carbons (Fsp3) is 0.0600. The lowest BCUT2D eigenvalue weighted by Crippen LogP contribution is -2.24. The summed E-state index contributed by atoms with van der Waals surface area (Å²) in [4.78, 5) is 10.8. The molecule has 0 aliphatic carbocycles. The van der Waals surface area contributed by atoms with Gasteiger partial charge in [0.1, 0.15) is 5.82 Å². The van der Waals surface area contributed by atoms with Crippen molar-refractivity contribution in [3.05, 3.63) is 194 Å². The molecule has 0 saturated heterocycles. The first-order valence-electron chi connectivity index (χ1n) is 20.1. The van der Waals surface area contributed by atoms with E-state index in [4.69, 9.17) is 9.10 Å². The first kappa shape index (κ1) is 29.4. The first-order chi connectivity index (χ1) is 28.3. The van der Waals surface area contributed by atoms with Crippen molar-refractivity contribution in [1.82, 2.24) is 9.55 Å². The average Bonchev–Trinajstić information content (AvgIpc) is 3.81. The molecule has 0 bridgehead atoms. The molecule has 5 heteroatoms. The lowest BCUT2D eigenvalue weighted by Gasteiger charge is -2.31. The van der Waals surface area contributed by atoms with Gasteiger partial charge in [0.15, 0.2) is 0 Å². The lowest BCUT2D eigenvalue weighted by molar-refractivity contribution is 0.949. The molecular formula is C50H39N5. The van der Waals surface area contributed by atoms with E-state index in [-0.39, 0.29) is 6.67 Å². The molecule has 9 aromatic rings. The third-order valence-electron chi connectivity index (χ3n) is 10.6. The van der Waals surface area contributed by atoms with Gasteiger partial charge in [0.25, 0.3) is 0 Å². The Kier molecular flexibility index (Phi) is 7.14. The molecule has 264 valence electrons. The Balaban J connectivity index is 1.26. The van der Waals surface area contributed by atoms with Crippen LogP contribution in [0.25, 0.3) is 49.9 Å². The van der Waals surface area contributed by atoms with E-state index in [1.165, 1.54) is 4.90 Å². The highest BCUT2D eigenvalue weighted by Crippen LogP contribution is 2.49. The average molecular weight is 713 g/mol. The number of anilines is 6. The van der Waals surface area contributed by atoms with E-state index < -0.39 is 6.98 Å². The fourth-order valence-electron chi connectivity index (χ4n) is 8.12. The van der Waals surface area contributed by atoms with Gasteiger partial charge in [-0.2, -0.15) is 0 Å². The fourth-order valence-corrected chi connectivity index (χ4v) is 8.12. The summed E-state index contributed by atoms with van der Waals surface area (Å²) in [5, 5.41) is 2.29. The van der Waals surface area contributed by atoms with Crippen molar-refractivity contribution in [3.63, 3.8) is 0 Å². The molecule has 0 fully saturated rings. The summed E-state index contributed by atoms with van der Waals surface area (Å²) in [6.45, 7) is -0.000619. The number of hydrogen-bond donors (Lipinski definition) is 0. The van der Waals surface area contributed by atoms with Crippen molar-refractivity contribution >= 4 is 55.9 Å². The molecule has 0 N–H and O–H groups in total. The Morgan fingerprint density at radius 2 is 1.22 bits per heavy atom. The standard InChI is InChI=1S/C50H39N5/c1-35-29-30-51-49(31-35)55-45-24-10-9-21-43(45)44-28-27-40(33-48(44)55)54(39-20-13-19-38(32-39)53-34-52(2)46-25-11-12-26-47(46)53)50-41(36-15-5-3-6-16-36)22-14-23-42(50)37-17-7-4-8-18-37/h3-33H,34H2,1-2H3/i2D3. The van der Waals surface area contributed by atoms with Crippen LogP contribution in [0.2, 0.25) is 0 Å². The maximum atomic E-state index is 8.37. The quantitative estimate of drug-likeness (QED) is 0.164. The van der Waals surface area contributed by atoms with Gasteiger partial charge in [-0.05, 0) is 84.3 Å². The number of pyridine rings is 1. The molecule has 0 radical (unpaired) electrons. The molecule has 10 rings (SSSR count). The van der Waals surface area contributed by atoms with Gasteiger partial charge >= 0.3 is 0 Å². The van der Waals surface area contributed by atoms with Gasteiger partial charge in [-0.15, -0.1) is 0 Å². The molecule has 5 nitrogen and oxygen atoms in total. The summed E-state index contributed by atoms with van der Waals surface area (Å²) in [5.74, 6) is 0.859. The van der Waals surface area contributed by atoms with Crippen LogP contribution in [-0.4, -0.2) is 23.2 Å². The molecular weight excluding hydrogens is 671 g/mol. The molecule has 55 heavy (non-hydrogen) atoms. The van der Waals surface area contributed by atoms with Crippen LogP contribution in [0, 0.1) is 6.92 Å². The van der Waals surface area contributed by atoms with Gasteiger partial charge in [0.05, 0.1) is 34.8 Å². The minimum Gasteiger partial charge on any atom is -0.355 e. The van der Waals surface area contributed by atoms with Gasteiger partial charge in [0, 0.05) is 56.2 Å². The molecule has 0 atom stereocenters. The van der Waals surface area contributed by atoms with Gasteiger partial charge in [-0.3, -0.25) is 4.57 Å². The number of nitrogens with zero attached hydrogens (tertiary/aromatic N) is 5. The molecule has 7 aromatic carbocycles. The topological polar surface area (TPSA) is 27.5 Å². The Morgan fingerprint density at radius 1 is 0.564 bits per heavy atom. The zero-order valence-electron chi connectivity index (χ0n) is 33.3. The second-order valence-corrected chi connectivity index (χ2v) is 14.0. The molecule has 0 saturated carbocycles. The molecule has 1 aliphatic rings. The van der Waals surface area contributed by atoms with E-state index in [0.717, 1.165) is 83.9 Å². The van der Waals surface area contributed by atoms with Crippen LogP contribution in [0.5, 0.6) is 0 Å². The van der Waals surface area contributed by atoms with Gasteiger partial charge < -0.3 is 14.7 Å². The summed E-state index contributed by atoms with van der Waals surface area (Å²) in [5.41, 5.74) is 13.0. The number of benzene rings is 7. The molecule has 1 aliphatic heterocycles. The molecule has 0 amide bonds. The monoisotopic (exact) mass is 712 g/mol. The van der Waals surface area contributed by atoms with Crippen LogP contribution in [0.4, 0.5) is 34.1 Å². The van der Waals surface area contributed by atoms with Crippen LogP contribution in [0.3, 0.4) is 0 Å². The smallest absolute Gasteiger partial charge is 0.137 e. The highest BCUT2D eigenvalue weighted by atomic mass is 15.4. The summed E-state index contributed by atoms with van der Waals surface area (Å²) < 4.78 is 27.4. The van der Waals surface area contributed by atoms with Crippen molar-refractivity contribution in [2.75, 3.05) is 28.3 Å². The number of aromatic nitrogens is 2. The zero-order chi connectivity index (χ0) is 39.4. The summed E-state index contributed by atoms with van der Waals surface area (Å²) >= 11 is 0. The number of para-hydroxylation sites is 4. The predicted octanol–water partition coefficient (Wildman–Crippen LogP) is 12.8. The van der Waals surface area contributed by atoms with Gasteiger partial charge in [-0.1, -0.05) is 121 Å². The van der Waals surface area contributed by atoms with Crippen LogP contribution in [0.1, 0.15) is 9.68 Å². The Morgan fingerprint density at radius 3 is 1.96 bits per heavy atom. The summed E-state index contributed by atoms with van der Waals surface area (Å²) in [7, 11) is 0. The van der Waals surface area contributed by atoms with Crippen molar-refractivity contribution < 1.29 is 4.11 Å². The normalized spacial score (nSPS) is 13.4. The predicted molar refractivity (Wildman–Crippen MR) is 231 cm³/mol. The van der Waals surface area contributed by atoms with Crippen LogP contribution in [-0.2, 0) is 0 Å². The number of fused-ring (bicyclic) bond motifs is 4. The number of aryl methyl sites for hydroxylation is 1. The van der Waals surface area contributed by atoms with Crippen molar-refractivity contribution in [2.24, 2.45) is 0 Å². The minimum absolute atomic E-state index is 0.199. The van der Waals surface area contributed by atoms with E-state index in [1.807, 2.05) is 48.7 Å². The minimum atomic E-state index is -2.30. The maximum absolute atomic E-state index is 8.37. The summed E-state index contributed by atoms with van der Waals surface area (Å²) in [6, 6.07) is 63.2. The largest absolute Gasteiger partial charge is 0.355 e. The highest BCUT2D eigenvalue weighted by Gasteiger charge is 2.27. The lowest BCUT2D eigenvalue weighted by atomic mass is 9.94. The van der Waals surface area contributed by atoms with E-state index in [9.17, 15) is 0 Å². The maximum Gasteiger partial charge on any atom is 0.137 e. The third kappa shape index (κ3) is 5.60. The van der Waals surface area contributed by atoms with Gasteiger partial charge in [-0.25, -0.2) is 4.98 Å². The van der Waals surface area contributed by atoms with Crippen LogP contribution < -0.4 is 14.7 Å². The van der Waals surface area contributed by atoms with Crippen molar-refractivity contribution in [2.45, 2.75) is 6.92 Å². The van der Waals surface area contributed by atoms with Gasteiger partial charge in [0.2, 0.25) is 0 Å². The van der Waals surface area contributed by atoms with Crippen molar-refractivity contribution in [3.8, 4) is 28.1 Å². The molecule has 3 heterocycles. The Hall–Kier alpha value is -7.11. The summed E-state index contributed by atoms with van der Waals surface area (Å²) in [6.07, 6.45) is 1.87. The van der Waals surface area contributed by atoms with Crippen molar-refractivity contribution in [1.29, 1.82) is 0 Å². The second kappa shape index (κ2) is 13.4. The van der Waals surface area contributed by atoms with Crippen LogP contribution >= 0.6 is 0 Å². The SMILES string of the molecule is [2H]C([2H])([2H])N1CN(c2cccc(N(c3ccc4c5ccccc5n(-c5cc(C)ccn5)c4c3)c3c(-c4ccccc4)cccc3-c3ccccc3)c2)c2ccccc21. The zero-order valence-corrected chi connectivity index (χ0v) is 30.3. The molecule has 0 unspecified atom stereocenters. The van der Waals surface area contributed by atoms with Crippen LogP contribution in [0.15, 0.2) is 188 Å². The highest BCUT2D eigenvalue weighted by molar-refractivity contribution is 6.11.